The maximum Gasteiger partial charge on any atom is 0.490 e. The summed E-state index contributed by atoms with van der Waals surface area (Å²) in [5.41, 5.74) is 1.95. The fraction of sp³-hybridized carbons (Fsp3) is 0.462. The van der Waals surface area contributed by atoms with Crippen molar-refractivity contribution in [2.45, 2.75) is 49.4 Å². The number of nitrogens with one attached hydrogen (secondary N) is 2. The largest absolute Gasteiger partial charge is 0.493 e. The van der Waals surface area contributed by atoms with E-state index in [1.165, 1.54) is 5.56 Å². The quantitative estimate of drug-likeness (QED) is 0.397. The molecule has 2 aromatic carbocycles. The number of fused-ring (bicyclic) bond motifs is 1. The van der Waals surface area contributed by atoms with Gasteiger partial charge in [0, 0.05) is 23.2 Å². The van der Waals surface area contributed by atoms with Crippen LogP contribution in [0.15, 0.2) is 36.4 Å². The van der Waals surface area contributed by atoms with Crippen LogP contribution in [0.2, 0.25) is 10.0 Å². The summed E-state index contributed by atoms with van der Waals surface area (Å²) in [5.74, 6) is -1.26. The fourth-order valence-corrected chi connectivity index (χ4v) is 5.62. The number of ether oxygens (including phenoxy) is 2. The number of aliphatic carboxylic acids is 1. The molecule has 0 radical (unpaired) electrons. The molecule has 2 aromatic rings. The van der Waals surface area contributed by atoms with Crippen LogP contribution in [0.5, 0.6) is 11.5 Å². The maximum atomic E-state index is 12.6. The Hall–Kier alpha value is -2.89. The number of carboxylic acids is 1. The van der Waals surface area contributed by atoms with Crippen molar-refractivity contribution in [3.8, 4) is 11.5 Å². The molecule has 39 heavy (non-hydrogen) atoms. The third-order valence-corrected chi connectivity index (χ3v) is 7.98. The standard InChI is InChI=1S/C24H29Cl2N3O3.C2HF3O2/c1-29-11-10-24(15-4-7-20(31-2)21(12-15)32-3)9-8-17(14-22(24)29)28-23(30)27-16-5-6-18(25)19(26)13-16;3-2(4,5)1(6)7/h4-7,12-13,17,22H,8-11,14H2,1-3H3,(H2,27,28,30);(H,6,7)/t17-,22+,24+;/m1./s1. The lowest BCUT2D eigenvalue weighted by Crippen LogP contribution is -2.52. The number of hydrogen-bond donors (Lipinski definition) is 3. The molecule has 2 aliphatic rings. The van der Waals surface area contributed by atoms with Gasteiger partial charge in [-0.2, -0.15) is 13.2 Å². The zero-order valence-corrected chi connectivity index (χ0v) is 23.1. The molecular formula is C26H30Cl2F3N3O5. The molecule has 1 aliphatic heterocycles. The van der Waals surface area contributed by atoms with Crippen LogP contribution in [0, 0.1) is 0 Å². The highest BCUT2D eigenvalue weighted by Gasteiger charge is 2.50. The first-order valence-corrected chi connectivity index (χ1v) is 12.8. The van der Waals surface area contributed by atoms with E-state index in [-0.39, 0.29) is 17.5 Å². The Morgan fingerprint density at radius 1 is 1.05 bits per heavy atom. The number of rotatable bonds is 5. The second-order valence-corrected chi connectivity index (χ2v) is 10.3. The van der Waals surface area contributed by atoms with Crippen LogP contribution in [-0.2, 0) is 10.2 Å². The lowest BCUT2D eigenvalue weighted by molar-refractivity contribution is -0.192. The summed E-state index contributed by atoms with van der Waals surface area (Å²) in [5, 5.41) is 14.0. The number of carboxylic acid groups (broad SMARTS) is 1. The molecule has 0 spiro atoms. The van der Waals surface area contributed by atoms with Crippen LogP contribution in [0.25, 0.3) is 0 Å². The Labute approximate surface area is 234 Å². The minimum Gasteiger partial charge on any atom is -0.493 e. The molecule has 1 saturated heterocycles. The molecule has 4 rings (SSSR count). The van der Waals surface area contributed by atoms with Crippen LogP contribution in [0.3, 0.4) is 0 Å². The molecule has 13 heteroatoms. The predicted molar refractivity (Wildman–Crippen MR) is 142 cm³/mol. The number of likely N-dealkylation sites (N-methyl/N-ethyl adjacent to an activating group) is 1. The molecule has 1 saturated carbocycles. The molecular weight excluding hydrogens is 562 g/mol. The molecule has 8 nitrogen and oxygen atoms in total. The number of alkyl halides is 3. The van der Waals surface area contributed by atoms with Gasteiger partial charge in [-0.15, -0.1) is 0 Å². The number of hydrogen-bond acceptors (Lipinski definition) is 5. The van der Waals surface area contributed by atoms with E-state index in [4.69, 9.17) is 42.6 Å². The second-order valence-electron chi connectivity index (χ2n) is 9.47. The lowest BCUT2D eigenvalue weighted by Gasteiger charge is -2.45. The predicted octanol–water partition coefficient (Wildman–Crippen LogP) is 5.96. The van der Waals surface area contributed by atoms with Crippen LogP contribution < -0.4 is 20.1 Å². The first-order chi connectivity index (χ1) is 18.3. The molecule has 0 bridgehead atoms. The number of carbonyl (C=O) groups excluding carboxylic acids is 1. The molecule has 214 valence electrons. The summed E-state index contributed by atoms with van der Waals surface area (Å²) < 4.78 is 42.7. The van der Waals surface area contributed by atoms with Gasteiger partial charge < -0.3 is 30.1 Å². The molecule has 1 heterocycles. The highest BCUT2D eigenvalue weighted by molar-refractivity contribution is 6.42. The van der Waals surface area contributed by atoms with Crippen molar-refractivity contribution < 1.29 is 37.3 Å². The number of benzene rings is 2. The first kappa shape index (κ1) is 30.6. The van der Waals surface area contributed by atoms with Gasteiger partial charge in [-0.1, -0.05) is 29.3 Å². The van der Waals surface area contributed by atoms with Gasteiger partial charge in [0.1, 0.15) is 0 Å². The first-order valence-electron chi connectivity index (χ1n) is 12.1. The lowest BCUT2D eigenvalue weighted by atomic mass is 9.65. The number of nitrogens with zero attached hydrogens (tertiary/aromatic N) is 1. The van der Waals surface area contributed by atoms with E-state index in [9.17, 15) is 18.0 Å². The van der Waals surface area contributed by atoms with Crippen molar-refractivity contribution in [1.29, 1.82) is 0 Å². The zero-order chi connectivity index (χ0) is 29.0. The van der Waals surface area contributed by atoms with Crippen LogP contribution in [0.1, 0.15) is 31.2 Å². The normalized spacial score (nSPS) is 22.7. The smallest absolute Gasteiger partial charge is 0.490 e. The summed E-state index contributed by atoms with van der Waals surface area (Å²) >= 11 is 12.0. The number of halogens is 5. The number of methoxy groups -OCH3 is 2. The minimum atomic E-state index is -5.08. The summed E-state index contributed by atoms with van der Waals surface area (Å²) in [4.78, 5) is 23.9. The number of amides is 2. The highest BCUT2D eigenvalue weighted by Crippen LogP contribution is 2.49. The van der Waals surface area contributed by atoms with Crippen LogP contribution in [0.4, 0.5) is 23.7 Å². The van der Waals surface area contributed by atoms with Gasteiger partial charge in [0.25, 0.3) is 0 Å². The zero-order valence-electron chi connectivity index (χ0n) is 21.6. The Morgan fingerprint density at radius 2 is 1.72 bits per heavy atom. The van der Waals surface area contributed by atoms with E-state index < -0.39 is 12.1 Å². The average Bonchev–Trinajstić information content (AvgIpc) is 3.22. The van der Waals surface area contributed by atoms with E-state index >= 15 is 0 Å². The fourth-order valence-electron chi connectivity index (χ4n) is 5.32. The van der Waals surface area contributed by atoms with Gasteiger partial charge in [-0.3, -0.25) is 0 Å². The molecule has 2 amide bonds. The van der Waals surface area contributed by atoms with Crippen LogP contribution >= 0.6 is 23.2 Å². The van der Waals surface area contributed by atoms with E-state index in [1.807, 2.05) is 6.07 Å². The van der Waals surface area contributed by atoms with E-state index in [0.29, 0.717) is 21.8 Å². The van der Waals surface area contributed by atoms with Crippen molar-refractivity contribution >= 4 is 40.9 Å². The molecule has 1 aliphatic carbocycles. The van der Waals surface area contributed by atoms with Gasteiger partial charge in [-0.25, -0.2) is 9.59 Å². The molecule has 0 unspecified atom stereocenters. The van der Waals surface area contributed by atoms with Gasteiger partial charge in [0.15, 0.2) is 11.5 Å². The van der Waals surface area contributed by atoms with Gasteiger partial charge in [0.2, 0.25) is 0 Å². The summed E-state index contributed by atoms with van der Waals surface area (Å²) in [6.07, 6.45) is -1.20. The second kappa shape index (κ2) is 12.5. The number of anilines is 1. The monoisotopic (exact) mass is 591 g/mol. The van der Waals surface area contributed by atoms with E-state index in [1.54, 1.807) is 32.4 Å². The van der Waals surface area contributed by atoms with Crippen LogP contribution in [-0.4, -0.2) is 68.1 Å². The molecule has 3 N–H and O–H groups in total. The van der Waals surface area contributed by atoms with Gasteiger partial charge in [-0.05, 0) is 75.2 Å². The van der Waals surface area contributed by atoms with Crippen molar-refractivity contribution in [2.24, 2.45) is 0 Å². The Morgan fingerprint density at radius 3 is 2.31 bits per heavy atom. The van der Waals surface area contributed by atoms with Gasteiger partial charge >= 0.3 is 18.2 Å². The van der Waals surface area contributed by atoms with Gasteiger partial charge in [0.05, 0.1) is 24.3 Å². The van der Waals surface area contributed by atoms with Crippen molar-refractivity contribution in [3.63, 3.8) is 0 Å². The number of urea groups is 1. The summed E-state index contributed by atoms with van der Waals surface area (Å²) in [6, 6.07) is 11.5. The number of likely N-dealkylation sites (tertiary alicyclic amines) is 1. The SMILES string of the molecule is COc1ccc([C@@]23CC[C@@H](NC(=O)Nc4ccc(Cl)c(Cl)c4)C[C@@H]2N(C)CC3)cc1OC.O=C(O)C(F)(F)F. The van der Waals surface area contributed by atoms with Crippen molar-refractivity contribution in [1.82, 2.24) is 10.2 Å². The third-order valence-electron chi connectivity index (χ3n) is 7.24. The Balaban J connectivity index is 0.000000532. The summed E-state index contributed by atoms with van der Waals surface area (Å²) in [7, 11) is 5.50. The molecule has 0 aromatic heterocycles. The van der Waals surface area contributed by atoms with E-state index in [0.717, 1.165) is 43.7 Å². The molecule has 2 fully saturated rings. The maximum absolute atomic E-state index is 12.6. The molecule has 3 atom stereocenters. The summed E-state index contributed by atoms with van der Waals surface area (Å²) in [6.45, 7) is 1.03. The van der Waals surface area contributed by atoms with Crippen molar-refractivity contribution in [3.05, 3.63) is 52.0 Å². The number of carbonyl (C=O) groups is 2. The van der Waals surface area contributed by atoms with E-state index in [2.05, 4.69) is 34.7 Å². The minimum absolute atomic E-state index is 0.0483. The highest BCUT2D eigenvalue weighted by atomic mass is 35.5. The Bertz CT molecular complexity index is 1200. The Kier molecular flexibility index (Phi) is 9.84. The topological polar surface area (TPSA) is 100 Å². The van der Waals surface area contributed by atoms with Crippen molar-refractivity contribution in [2.75, 3.05) is 33.1 Å². The third kappa shape index (κ3) is 7.20. The average molecular weight is 592 g/mol.